The Kier molecular flexibility index (Phi) is 3.98. The molecule has 0 fully saturated rings. The third kappa shape index (κ3) is 2.84. The zero-order chi connectivity index (χ0) is 11.4. The van der Waals surface area contributed by atoms with Crippen LogP contribution in [-0.2, 0) is 6.54 Å². The van der Waals surface area contributed by atoms with Crippen molar-refractivity contribution in [1.82, 2.24) is 4.98 Å². The maximum atomic E-state index is 5.56. The molecule has 0 bridgehead atoms. The Morgan fingerprint density at radius 1 is 1.25 bits per heavy atom. The van der Waals surface area contributed by atoms with Gasteiger partial charge in [-0.3, -0.25) is 4.98 Å². The number of hydrogen-bond acceptors (Lipinski definition) is 3. The fourth-order valence-electron chi connectivity index (χ4n) is 1.29. The molecule has 0 aliphatic heterocycles. The Balaban J connectivity index is 2.24. The highest BCUT2D eigenvalue weighted by Gasteiger charge is 2.02. The van der Waals surface area contributed by atoms with Gasteiger partial charge in [0.2, 0.25) is 0 Å². The lowest BCUT2D eigenvalue weighted by Crippen LogP contribution is -1.98. The molecule has 0 spiro atoms. The Hall–Kier alpha value is -0.840. The highest BCUT2D eigenvalue weighted by Crippen LogP contribution is 2.33. The van der Waals surface area contributed by atoms with Crippen molar-refractivity contribution in [3.8, 4) is 0 Å². The van der Waals surface area contributed by atoms with Gasteiger partial charge < -0.3 is 5.73 Å². The lowest BCUT2D eigenvalue weighted by molar-refractivity contribution is 0.976. The second-order valence-corrected chi connectivity index (χ2v) is 5.19. The molecular weight excluding hydrogens is 284 g/mol. The van der Waals surface area contributed by atoms with E-state index in [0.29, 0.717) is 6.54 Å². The van der Waals surface area contributed by atoms with Gasteiger partial charge in [-0.2, -0.15) is 0 Å². The average molecular weight is 295 g/mol. The quantitative estimate of drug-likeness (QED) is 0.942. The zero-order valence-corrected chi connectivity index (χ0v) is 11.0. The molecule has 16 heavy (non-hydrogen) atoms. The summed E-state index contributed by atoms with van der Waals surface area (Å²) in [6.07, 6.45) is 1.79. The van der Waals surface area contributed by atoms with E-state index < -0.39 is 0 Å². The van der Waals surface area contributed by atoms with Crippen LogP contribution in [0.5, 0.6) is 0 Å². The maximum Gasteiger partial charge on any atom is 0.0550 e. The van der Waals surface area contributed by atoms with Crippen LogP contribution in [0.3, 0.4) is 0 Å². The number of hydrogen-bond donors (Lipinski definition) is 1. The molecule has 0 aliphatic rings. The first-order valence-corrected chi connectivity index (χ1v) is 6.48. The van der Waals surface area contributed by atoms with Gasteiger partial charge in [0.25, 0.3) is 0 Å². The highest BCUT2D eigenvalue weighted by molar-refractivity contribution is 9.10. The number of halogens is 1. The average Bonchev–Trinajstić information content (AvgIpc) is 2.32. The van der Waals surface area contributed by atoms with Gasteiger partial charge >= 0.3 is 0 Å². The van der Waals surface area contributed by atoms with Gasteiger partial charge in [-0.05, 0) is 40.2 Å². The molecular formula is C12H11BrN2S. The highest BCUT2D eigenvalue weighted by atomic mass is 79.9. The summed E-state index contributed by atoms with van der Waals surface area (Å²) in [4.78, 5) is 6.52. The van der Waals surface area contributed by atoms with Crippen molar-refractivity contribution in [3.63, 3.8) is 0 Å². The lowest BCUT2D eigenvalue weighted by atomic mass is 10.3. The molecule has 1 aromatic heterocycles. The van der Waals surface area contributed by atoms with E-state index in [0.717, 1.165) is 15.1 Å². The van der Waals surface area contributed by atoms with Gasteiger partial charge in [0, 0.05) is 27.0 Å². The van der Waals surface area contributed by atoms with E-state index in [9.17, 15) is 0 Å². The van der Waals surface area contributed by atoms with Crippen LogP contribution in [0.4, 0.5) is 0 Å². The predicted octanol–water partition coefficient (Wildman–Crippen LogP) is 3.45. The lowest BCUT2D eigenvalue weighted by Gasteiger charge is -2.04. The van der Waals surface area contributed by atoms with Crippen molar-refractivity contribution < 1.29 is 0 Å². The molecule has 0 amide bonds. The van der Waals surface area contributed by atoms with Gasteiger partial charge in [0.05, 0.1) is 5.69 Å². The van der Waals surface area contributed by atoms with Gasteiger partial charge in [0.1, 0.15) is 0 Å². The number of benzene rings is 1. The Morgan fingerprint density at radius 3 is 2.81 bits per heavy atom. The molecule has 4 heteroatoms. The van der Waals surface area contributed by atoms with Crippen molar-refractivity contribution in [1.29, 1.82) is 0 Å². The molecule has 0 saturated heterocycles. The third-order valence-electron chi connectivity index (χ3n) is 2.06. The van der Waals surface area contributed by atoms with Crippen molar-refractivity contribution in [2.75, 3.05) is 0 Å². The largest absolute Gasteiger partial charge is 0.325 e. The number of aromatic nitrogens is 1. The molecule has 1 heterocycles. The summed E-state index contributed by atoms with van der Waals surface area (Å²) < 4.78 is 1.10. The molecule has 1 aromatic carbocycles. The van der Waals surface area contributed by atoms with E-state index in [1.807, 2.05) is 30.3 Å². The number of nitrogens with two attached hydrogens (primary N) is 1. The van der Waals surface area contributed by atoms with Crippen LogP contribution in [0.25, 0.3) is 0 Å². The topological polar surface area (TPSA) is 38.9 Å². The fraction of sp³-hybridized carbons (Fsp3) is 0.0833. The minimum Gasteiger partial charge on any atom is -0.325 e. The molecule has 0 saturated carbocycles. The van der Waals surface area contributed by atoms with E-state index in [1.165, 1.54) is 4.90 Å². The molecule has 2 aromatic rings. The van der Waals surface area contributed by atoms with Crippen molar-refractivity contribution in [3.05, 3.63) is 52.8 Å². The van der Waals surface area contributed by atoms with E-state index in [-0.39, 0.29) is 0 Å². The van der Waals surface area contributed by atoms with Crippen LogP contribution in [0, 0.1) is 0 Å². The summed E-state index contributed by atoms with van der Waals surface area (Å²) in [5.41, 5.74) is 6.47. The van der Waals surface area contributed by atoms with Crippen molar-refractivity contribution in [2.24, 2.45) is 5.73 Å². The first-order chi connectivity index (χ1) is 7.79. The van der Waals surface area contributed by atoms with Gasteiger partial charge in [0.15, 0.2) is 0 Å². The molecule has 0 atom stereocenters. The minimum atomic E-state index is 0.477. The van der Waals surface area contributed by atoms with Crippen molar-refractivity contribution in [2.45, 2.75) is 16.3 Å². The van der Waals surface area contributed by atoms with E-state index in [1.54, 1.807) is 18.0 Å². The summed E-state index contributed by atoms with van der Waals surface area (Å²) in [5.74, 6) is 0. The summed E-state index contributed by atoms with van der Waals surface area (Å²) in [6.45, 7) is 0.477. The third-order valence-corrected chi connectivity index (χ3v) is 4.08. The summed E-state index contributed by atoms with van der Waals surface area (Å²) >= 11 is 5.23. The molecule has 82 valence electrons. The zero-order valence-electron chi connectivity index (χ0n) is 8.56. The normalized spacial score (nSPS) is 10.4. The molecule has 2 N–H and O–H groups in total. The number of pyridine rings is 1. The van der Waals surface area contributed by atoms with Crippen LogP contribution in [-0.4, -0.2) is 4.98 Å². The smallest absolute Gasteiger partial charge is 0.0550 e. The molecule has 0 aliphatic carbocycles. The summed E-state index contributed by atoms with van der Waals surface area (Å²) in [5, 5.41) is 0. The first-order valence-electron chi connectivity index (χ1n) is 4.87. The molecule has 0 unspecified atom stereocenters. The van der Waals surface area contributed by atoms with E-state index >= 15 is 0 Å². The number of nitrogens with zero attached hydrogens (tertiary/aromatic N) is 1. The van der Waals surface area contributed by atoms with Gasteiger partial charge in [-0.25, -0.2) is 0 Å². The second kappa shape index (κ2) is 5.48. The molecule has 0 radical (unpaired) electrons. The van der Waals surface area contributed by atoms with Gasteiger partial charge in [-0.15, -0.1) is 0 Å². The van der Waals surface area contributed by atoms with Gasteiger partial charge in [-0.1, -0.05) is 23.9 Å². The summed E-state index contributed by atoms with van der Waals surface area (Å²) in [7, 11) is 0. The Bertz CT molecular complexity index is 488. The Labute approximate surface area is 107 Å². The standard InChI is InChI=1S/C12H11BrN2S/c13-11-3-1-2-4-12(11)16-10-5-6-15-9(7-10)8-14/h1-7H,8,14H2. The van der Waals surface area contributed by atoms with E-state index in [2.05, 4.69) is 27.0 Å². The van der Waals surface area contributed by atoms with Crippen LogP contribution in [0.15, 0.2) is 56.9 Å². The van der Waals surface area contributed by atoms with E-state index in [4.69, 9.17) is 5.73 Å². The first kappa shape index (κ1) is 11.6. The molecule has 2 rings (SSSR count). The second-order valence-electron chi connectivity index (χ2n) is 3.22. The minimum absolute atomic E-state index is 0.477. The molecule has 2 nitrogen and oxygen atoms in total. The van der Waals surface area contributed by atoms with Crippen LogP contribution >= 0.6 is 27.7 Å². The van der Waals surface area contributed by atoms with Crippen molar-refractivity contribution >= 4 is 27.7 Å². The summed E-state index contributed by atoms with van der Waals surface area (Å²) in [6, 6.07) is 12.2. The monoisotopic (exact) mass is 294 g/mol. The maximum absolute atomic E-state index is 5.56. The van der Waals surface area contributed by atoms with Crippen LogP contribution < -0.4 is 5.73 Å². The fourth-order valence-corrected chi connectivity index (χ4v) is 2.70. The predicted molar refractivity (Wildman–Crippen MR) is 70.4 cm³/mol. The Morgan fingerprint density at radius 2 is 2.06 bits per heavy atom. The van der Waals surface area contributed by atoms with Crippen LogP contribution in [0.1, 0.15) is 5.69 Å². The SMILES string of the molecule is NCc1cc(Sc2ccccc2Br)ccn1. The van der Waals surface area contributed by atoms with Crippen LogP contribution in [0.2, 0.25) is 0 Å². The number of rotatable bonds is 3.